The normalized spacial score (nSPS) is 19.2. The first-order valence-corrected chi connectivity index (χ1v) is 9.59. The first-order chi connectivity index (χ1) is 13.4. The molecule has 1 aliphatic heterocycles. The molecule has 148 valence electrons. The lowest BCUT2D eigenvalue weighted by molar-refractivity contribution is -0.384. The van der Waals surface area contributed by atoms with Gasteiger partial charge in [0.2, 0.25) is 0 Å². The van der Waals surface area contributed by atoms with E-state index >= 15 is 0 Å². The number of rotatable bonds is 6. The fourth-order valence-electron chi connectivity index (χ4n) is 3.79. The molecular weight excluding hydrogens is 360 g/mol. The topological polar surface area (TPSA) is 98.5 Å². The minimum absolute atomic E-state index is 0.0309. The Bertz CT molecular complexity index is 885. The molecular formula is C21H24N2O5. The van der Waals surface area contributed by atoms with Crippen LogP contribution in [0.4, 0.5) is 5.69 Å². The van der Waals surface area contributed by atoms with Crippen molar-refractivity contribution in [1.82, 2.24) is 5.32 Å². The maximum absolute atomic E-state index is 12.9. The van der Waals surface area contributed by atoms with Crippen LogP contribution in [-0.4, -0.2) is 23.3 Å². The number of allylic oxidation sites excluding steroid dienone is 3. The number of hydrogen-bond donors (Lipinski definition) is 1. The first-order valence-electron chi connectivity index (χ1n) is 9.59. The van der Waals surface area contributed by atoms with Gasteiger partial charge in [-0.1, -0.05) is 25.5 Å². The third-order valence-corrected chi connectivity index (χ3v) is 5.14. The summed E-state index contributed by atoms with van der Waals surface area (Å²) >= 11 is 0. The second-order valence-corrected chi connectivity index (χ2v) is 7.11. The Balaban J connectivity index is 2.09. The van der Waals surface area contributed by atoms with Crippen LogP contribution in [0.25, 0.3) is 0 Å². The van der Waals surface area contributed by atoms with Crippen molar-refractivity contribution in [1.29, 1.82) is 0 Å². The average molecular weight is 384 g/mol. The molecule has 0 fully saturated rings. The second-order valence-electron chi connectivity index (χ2n) is 7.11. The van der Waals surface area contributed by atoms with Gasteiger partial charge in [0.25, 0.3) is 5.69 Å². The van der Waals surface area contributed by atoms with E-state index in [9.17, 15) is 19.7 Å². The quantitative estimate of drug-likeness (QED) is 0.346. The van der Waals surface area contributed by atoms with E-state index in [4.69, 9.17) is 4.74 Å². The van der Waals surface area contributed by atoms with E-state index in [0.29, 0.717) is 41.9 Å². The van der Waals surface area contributed by atoms with Crippen LogP contribution in [0.1, 0.15) is 57.4 Å². The lowest BCUT2D eigenvalue weighted by Gasteiger charge is -2.34. The van der Waals surface area contributed by atoms with Crippen molar-refractivity contribution in [3.8, 4) is 0 Å². The Morgan fingerprint density at radius 2 is 2.14 bits per heavy atom. The highest BCUT2D eigenvalue weighted by Crippen LogP contribution is 2.43. The number of benzene rings is 1. The van der Waals surface area contributed by atoms with Crippen molar-refractivity contribution in [2.45, 2.75) is 51.9 Å². The van der Waals surface area contributed by atoms with Crippen LogP contribution in [0, 0.1) is 10.1 Å². The number of unbranched alkanes of at least 4 members (excludes halogenated alkanes) is 1. The summed E-state index contributed by atoms with van der Waals surface area (Å²) in [6, 6.07) is 6.15. The number of carbonyl (C=O) groups excluding carboxylic acids is 2. The zero-order chi connectivity index (χ0) is 20.3. The van der Waals surface area contributed by atoms with Crippen LogP contribution in [-0.2, 0) is 14.3 Å². The number of nitro benzene ring substituents is 1. The van der Waals surface area contributed by atoms with Gasteiger partial charge in [0.15, 0.2) is 5.78 Å². The molecule has 0 bridgehead atoms. The third-order valence-electron chi connectivity index (χ3n) is 5.14. The Labute approximate surface area is 163 Å². The molecule has 0 aromatic heterocycles. The van der Waals surface area contributed by atoms with E-state index < -0.39 is 16.8 Å². The van der Waals surface area contributed by atoms with Gasteiger partial charge in [0.05, 0.1) is 17.1 Å². The zero-order valence-corrected chi connectivity index (χ0v) is 16.1. The van der Waals surface area contributed by atoms with E-state index in [0.717, 1.165) is 25.0 Å². The van der Waals surface area contributed by atoms with Gasteiger partial charge in [-0.25, -0.2) is 4.79 Å². The summed E-state index contributed by atoms with van der Waals surface area (Å²) in [6.45, 7) is 4.08. The summed E-state index contributed by atoms with van der Waals surface area (Å²) in [5.74, 6) is -1.17. The van der Waals surface area contributed by atoms with Crippen molar-refractivity contribution in [3.63, 3.8) is 0 Å². The first kappa shape index (κ1) is 19.8. The van der Waals surface area contributed by atoms with E-state index in [1.54, 1.807) is 19.1 Å². The average Bonchev–Trinajstić information content (AvgIpc) is 2.67. The lowest BCUT2D eigenvalue weighted by atomic mass is 9.75. The van der Waals surface area contributed by atoms with Gasteiger partial charge >= 0.3 is 5.97 Å². The van der Waals surface area contributed by atoms with Crippen LogP contribution in [0.3, 0.4) is 0 Å². The number of ether oxygens (including phenoxy) is 1. The maximum Gasteiger partial charge on any atom is 0.336 e. The highest BCUT2D eigenvalue weighted by molar-refractivity contribution is 6.03. The molecule has 1 atom stereocenters. The van der Waals surface area contributed by atoms with Crippen molar-refractivity contribution in [2.24, 2.45) is 0 Å². The molecule has 1 N–H and O–H groups in total. The van der Waals surface area contributed by atoms with Gasteiger partial charge in [-0.05, 0) is 31.7 Å². The summed E-state index contributed by atoms with van der Waals surface area (Å²) in [7, 11) is 0. The molecule has 0 amide bonds. The minimum Gasteiger partial charge on any atom is -0.462 e. The highest BCUT2D eigenvalue weighted by Gasteiger charge is 2.39. The summed E-state index contributed by atoms with van der Waals surface area (Å²) < 4.78 is 5.43. The summed E-state index contributed by atoms with van der Waals surface area (Å²) in [4.78, 5) is 36.4. The standard InChI is InChI=1S/C21H24N2O5/c1-3-4-11-28-21(25)18-13(2)22-16-9-6-10-17(24)20(16)19(18)14-7-5-8-15(12-14)23(26)27/h5,7-8,12,19,22H,3-4,6,9-11H2,1-2H3/t19-/m0/s1. The molecule has 0 saturated carbocycles. The van der Waals surface area contributed by atoms with Gasteiger partial charge < -0.3 is 10.1 Å². The molecule has 7 heteroatoms. The maximum atomic E-state index is 12.9. The molecule has 1 aromatic carbocycles. The molecule has 3 rings (SSSR count). The number of esters is 1. The van der Waals surface area contributed by atoms with Gasteiger partial charge in [-0.2, -0.15) is 0 Å². The van der Waals surface area contributed by atoms with Crippen LogP contribution in [0.15, 0.2) is 46.8 Å². The Hall–Kier alpha value is -2.96. The minimum atomic E-state index is -0.655. The van der Waals surface area contributed by atoms with Gasteiger partial charge in [0, 0.05) is 41.4 Å². The van der Waals surface area contributed by atoms with Crippen LogP contribution < -0.4 is 5.32 Å². The van der Waals surface area contributed by atoms with E-state index in [2.05, 4.69) is 5.32 Å². The lowest BCUT2D eigenvalue weighted by Crippen LogP contribution is -2.34. The Morgan fingerprint density at radius 3 is 2.86 bits per heavy atom. The van der Waals surface area contributed by atoms with Crippen LogP contribution in [0.2, 0.25) is 0 Å². The predicted molar refractivity (Wildman–Crippen MR) is 103 cm³/mol. The molecule has 0 saturated heterocycles. The highest BCUT2D eigenvalue weighted by atomic mass is 16.6. The number of carbonyl (C=O) groups is 2. The zero-order valence-electron chi connectivity index (χ0n) is 16.1. The monoisotopic (exact) mass is 384 g/mol. The fourth-order valence-corrected chi connectivity index (χ4v) is 3.79. The fraction of sp³-hybridized carbons (Fsp3) is 0.429. The van der Waals surface area contributed by atoms with Crippen molar-refractivity contribution < 1.29 is 19.2 Å². The molecule has 1 aromatic rings. The van der Waals surface area contributed by atoms with E-state index in [1.165, 1.54) is 12.1 Å². The number of ketones is 1. The largest absolute Gasteiger partial charge is 0.462 e. The third kappa shape index (κ3) is 3.83. The molecule has 0 unspecified atom stereocenters. The number of nitrogens with one attached hydrogen (secondary N) is 1. The molecule has 1 heterocycles. The second kappa shape index (κ2) is 8.37. The van der Waals surface area contributed by atoms with Crippen LogP contribution >= 0.6 is 0 Å². The van der Waals surface area contributed by atoms with Crippen molar-refractivity contribution >= 4 is 17.4 Å². The molecule has 2 aliphatic rings. The number of hydrogen-bond acceptors (Lipinski definition) is 6. The predicted octanol–water partition coefficient (Wildman–Crippen LogP) is 3.91. The number of nitro groups is 1. The Morgan fingerprint density at radius 1 is 1.36 bits per heavy atom. The summed E-state index contributed by atoms with van der Waals surface area (Å²) in [5.41, 5.74) is 2.80. The van der Waals surface area contributed by atoms with Crippen molar-refractivity contribution in [2.75, 3.05) is 6.61 Å². The molecule has 7 nitrogen and oxygen atoms in total. The summed E-state index contributed by atoms with van der Waals surface area (Å²) in [6.07, 6.45) is 3.51. The number of nitrogens with zero attached hydrogens (tertiary/aromatic N) is 1. The SMILES string of the molecule is CCCCOC(=O)C1=C(C)NC2=C(C(=O)CCC2)[C@H]1c1cccc([N+](=O)[O-])c1. The number of non-ortho nitro benzene ring substituents is 1. The smallest absolute Gasteiger partial charge is 0.336 e. The van der Waals surface area contributed by atoms with Gasteiger partial charge in [-0.3, -0.25) is 14.9 Å². The van der Waals surface area contributed by atoms with Crippen LogP contribution in [0.5, 0.6) is 0 Å². The van der Waals surface area contributed by atoms with E-state index in [1.807, 2.05) is 6.92 Å². The number of dihydropyridines is 1. The molecule has 0 radical (unpaired) electrons. The molecule has 0 spiro atoms. The van der Waals surface area contributed by atoms with E-state index in [-0.39, 0.29) is 11.5 Å². The Kier molecular flexibility index (Phi) is 5.92. The summed E-state index contributed by atoms with van der Waals surface area (Å²) in [5, 5.41) is 14.5. The molecule has 1 aliphatic carbocycles. The number of Topliss-reactive ketones (excluding diaryl/α,β-unsaturated/α-hetero) is 1. The molecule has 28 heavy (non-hydrogen) atoms. The van der Waals surface area contributed by atoms with Crippen molar-refractivity contribution in [3.05, 3.63) is 62.5 Å². The van der Waals surface area contributed by atoms with Gasteiger partial charge in [0.1, 0.15) is 0 Å². The van der Waals surface area contributed by atoms with Gasteiger partial charge in [-0.15, -0.1) is 0 Å².